The molecule has 0 bridgehead atoms. The first-order valence-corrected chi connectivity index (χ1v) is 10.7. The number of para-hydroxylation sites is 2. The van der Waals surface area contributed by atoms with Crippen molar-refractivity contribution in [3.05, 3.63) is 59.4 Å². The number of nitrogens with zero attached hydrogens (tertiary/aromatic N) is 3. The molecule has 0 atom stereocenters. The van der Waals surface area contributed by atoms with Gasteiger partial charge in [0.15, 0.2) is 0 Å². The Labute approximate surface area is 171 Å². The van der Waals surface area contributed by atoms with Gasteiger partial charge >= 0.3 is 0 Å². The second-order valence-corrected chi connectivity index (χ2v) is 8.48. The highest BCUT2D eigenvalue weighted by molar-refractivity contribution is 5.96. The summed E-state index contributed by atoms with van der Waals surface area (Å²) in [5, 5.41) is 0. The van der Waals surface area contributed by atoms with Crippen LogP contribution in [0.3, 0.4) is 0 Å². The van der Waals surface area contributed by atoms with E-state index < -0.39 is 0 Å². The van der Waals surface area contributed by atoms with Crippen molar-refractivity contribution in [2.75, 3.05) is 24.5 Å². The van der Waals surface area contributed by atoms with Crippen molar-refractivity contribution in [1.29, 1.82) is 0 Å². The second kappa shape index (κ2) is 7.64. The number of anilines is 1. The predicted octanol–water partition coefficient (Wildman–Crippen LogP) is 4.06. The van der Waals surface area contributed by atoms with Gasteiger partial charge in [-0.25, -0.2) is 4.98 Å². The maximum atomic E-state index is 13.3. The van der Waals surface area contributed by atoms with E-state index in [1.807, 2.05) is 18.2 Å². The molecule has 0 spiro atoms. The molecular weight excluding hydrogens is 360 g/mol. The maximum absolute atomic E-state index is 13.3. The Hall–Kier alpha value is -2.66. The van der Waals surface area contributed by atoms with Gasteiger partial charge in [-0.3, -0.25) is 9.69 Å². The number of piperidine rings is 1. The number of fused-ring (bicyclic) bond motifs is 2. The zero-order valence-corrected chi connectivity index (χ0v) is 17.0. The average Bonchev–Trinajstić information content (AvgIpc) is 3.15. The first-order valence-electron chi connectivity index (χ1n) is 10.7. The van der Waals surface area contributed by atoms with Gasteiger partial charge in [-0.2, -0.15) is 0 Å². The number of benzene rings is 2. The third kappa shape index (κ3) is 3.67. The number of H-pyrrole nitrogens is 1. The van der Waals surface area contributed by atoms with Crippen LogP contribution in [-0.4, -0.2) is 40.4 Å². The number of nitrogens with one attached hydrogen (secondary N) is 1. The summed E-state index contributed by atoms with van der Waals surface area (Å²) in [5.41, 5.74) is 5.85. The highest BCUT2D eigenvalue weighted by Crippen LogP contribution is 2.31. The Morgan fingerprint density at radius 3 is 2.79 bits per heavy atom. The normalized spacial score (nSPS) is 18.2. The largest absolute Gasteiger partial charge is 0.341 e. The molecule has 1 amide bonds. The van der Waals surface area contributed by atoms with Gasteiger partial charge in [0.2, 0.25) is 5.91 Å². The van der Waals surface area contributed by atoms with E-state index in [2.05, 4.69) is 46.0 Å². The van der Waals surface area contributed by atoms with Gasteiger partial charge in [0, 0.05) is 18.2 Å². The summed E-state index contributed by atoms with van der Waals surface area (Å²) in [6.45, 7) is 5.69. The minimum absolute atomic E-state index is 0.133. The topological polar surface area (TPSA) is 52.2 Å². The fraction of sp³-hybridized carbons (Fsp3) is 0.417. The van der Waals surface area contributed by atoms with Crippen molar-refractivity contribution in [1.82, 2.24) is 14.9 Å². The Balaban J connectivity index is 1.22. The number of carbonyl (C=O) groups excluding carboxylic acids is 1. The molecule has 150 valence electrons. The minimum atomic E-state index is 0.133. The highest BCUT2D eigenvalue weighted by Gasteiger charge is 2.31. The molecule has 1 saturated heterocycles. The number of imidazole rings is 1. The summed E-state index contributed by atoms with van der Waals surface area (Å²) in [6, 6.07) is 14.7. The first kappa shape index (κ1) is 18.4. The van der Waals surface area contributed by atoms with Crippen LogP contribution in [0.1, 0.15) is 36.2 Å². The molecular formula is C24H28N4O. The zero-order valence-electron chi connectivity index (χ0n) is 17.0. The molecule has 5 heteroatoms. The van der Waals surface area contributed by atoms with Crippen LogP contribution >= 0.6 is 0 Å². The van der Waals surface area contributed by atoms with Crippen molar-refractivity contribution in [2.24, 2.45) is 5.92 Å². The third-order valence-electron chi connectivity index (χ3n) is 6.37. The fourth-order valence-corrected chi connectivity index (χ4v) is 4.81. The zero-order chi connectivity index (χ0) is 19.8. The van der Waals surface area contributed by atoms with Gasteiger partial charge in [-0.15, -0.1) is 0 Å². The molecule has 1 N–H and O–H groups in total. The summed E-state index contributed by atoms with van der Waals surface area (Å²) < 4.78 is 0. The molecule has 3 heterocycles. The Bertz CT molecular complexity index is 999. The van der Waals surface area contributed by atoms with Crippen LogP contribution in [0, 0.1) is 12.8 Å². The van der Waals surface area contributed by atoms with Crippen molar-refractivity contribution in [3.63, 3.8) is 0 Å². The lowest BCUT2D eigenvalue weighted by Crippen LogP contribution is -2.44. The molecule has 2 aliphatic heterocycles. The number of likely N-dealkylation sites (tertiary alicyclic amines) is 1. The molecule has 0 saturated carbocycles. The van der Waals surface area contributed by atoms with Gasteiger partial charge in [0.05, 0.1) is 17.6 Å². The van der Waals surface area contributed by atoms with Crippen LogP contribution < -0.4 is 4.90 Å². The number of hydrogen-bond donors (Lipinski definition) is 1. The Morgan fingerprint density at radius 2 is 1.97 bits per heavy atom. The number of aromatic nitrogens is 2. The summed E-state index contributed by atoms with van der Waals surface area (Å²) in [4.78, 5) is 25.8. The van der Waals surface area contributed by atoms with Crippen molar-refractivity contribution >= 4 is 22.6 Å². The van der Waals surface area contributed by atoms with Crippen molar-refractivity contribution < 1.29 is 4.79 Å². The summed E-state index contributed by atoms with van der Waals surface area (Å²) >= 11 is 0. The van der Waals surface area contributed by atoms with Gasteiger partial charge < -0.3 is 9.88 Å². The fourth-order valence-electron chi connectivity index (χ4n) is 4.81. The van der Waals surface area contributed by atoms with E-state index >= 15 is 0 Å². The molecule has 0 radical (unpaired) electrons. The summed E-state index contributed by atoms with van der Waals surface area (Å²) in [5.74, 6) is 1.46. The van der Waals surface area contributed by atoms with E-state index in [1.165, 1.54) is 11.1 Å². The SMILES string of the molecule is Cc1ccc2c(c1)CCCN2C(=O)C1CCN(Cc2nc3ccccc3[nH]2)CC1. The first-order chi connectivity index (χ1) is 14.2. The molecule has 1 aromatic heterocycles. The highest BCUT2D eigenvalue weighted by atomic mass is 16.2. The van der Waals surface area contributed by atoms with E-state index in [-0.39, 0.29) is 5.92 Å². The van der Waals surface area contributed by atoms with Crippen LogP contribution in [0.4, 0.5) is 5.69 Å². The number of aromatic amines is 1. The predicted molar refractivity (Wildman–Crippen MR) is 116 cm³/mol. The van der Waals surface area contributed by atoms with E-state index in [0.29, 0.717) is 5.91 Å². The number of aryl methyl sites for hydroxylation is 2. The van der Waals surface area contributed by atoms with Crippen LogP contribution in [0.15, 0.2) is 42.5 Å². The maximum Gasteiger partial charge on any atom is 0.230 e. The Kier molecular flexibility index (Phi) is 4.84. The summed E-state index contributed by atoms with van der Waals surface area (Å²) in [6.07, 6.45) is 4.00. The van der Waals surface area contributed by atoms with Crippen LogP contribution in [-0.2, 0) is 17.8 Å². The molecule has 2 aliphatic rings. The van der Waals surface area contributed by atoms with E-state index in [1.54, 1.807) is 0 Å². The lowest BCUT2D eigenvalue weighted by Gasteiger charge is -2.36. The summed E-state index contributed by atoms with van der Waals surface area (Å²) in [7, 11) is 0. The van der Waals surface area contributed by atoms with Gasteiger partial charge in [-0.1, -0.05) is 29.8 Å². The van der Waals surface area contributed by atoms with Gasteiger partial charge in [-0.05, 0) is 69.5 Å². The number of hydrogen-bond acceptors (Lipinski definition) is 3. The number of amides is 1. The minimum Gasteiger partial charge on any atom is -0.341 e. The monoisotopic (exact) mass is 388 g/mol. The van der Waals surface area contributed by atoms with Gasteiger partial charge in [0.25, 0.3) is 0 Å². The smallest absolute Gasteiger partial charge is 0.230 e. The third-order valence-corrected chi connectivity index (χ3v) is 6.37. The molecule has 0 unspecified atom stereocenters. The molecule has 2 aromatic carbocycles. The van der Waals surface area contributed by atoms with Crippen LogP contribution in [0.2, 0.25) is 0 Å². The second-order valence-electron chi connectivity index (χ2n) is 8.48. The Morgan fingerprint density at radius 1 is 1.14 bits per heavy atom. The number of rotatable bonds is 3. The molecule has 5 nitrogen and oxygen atoms in total. The van der Waals surface area contributed by atoms with Crippen LogP contribution in [0.25, 0.3) is 11.0 Å². The molecule has 5 rings (SSSR count). The molecule has 29 heavy (non-hydrogen) atoms. The average molecular weight is 389 g/mol. The molecule has 3 aromatic rings. The number of carbonyl (C=O) groups is 1. The van der Waals surface area contributed by atoms with Crippen molar-refractivity contribution in [2.45, 2.75) is 39.2 Å². The van der Waals surface area contributed by atoms with Gasteiger partial charge in [0.1, 0.15) is 5.82 Å². The quantitative estimate of drug-likeness (QED) is 0.736. The van der Waals surface area contributed by atoms with E-state index in [0.717, 1.165) is 74.4 Å². The molecule has 0 aliphatic carbocycles. The van der Waals surface area contributed by atoms with E-state index in [4.69, 9.17) is 4.98 Å². The van der Waals surface area contributed by atoms with E-state index in [9.17, 15) is 4.79 Å². The molecule has 1 fully saturated rings. The van der Waals surface area contributed by atoms with Crippen molar-refractivity contribution in [3.8, 4) is 0 Å². The lowest BCUT2D eigenvalue weighted by molar-refractivity contribution is -0.123. The van der Waals surface area contributed by atoms with Crippen LogP contribution in [0.5, 0.6) is 0 Å². The standard InChI is InChI=1S/C24H28N4O/c1-17-8-9-22-19(15-17)5-4-12-28(22)24(29)18-10-13-27(14-11-18)16-23-25-20-6-2-3-7-21(20)26-23/h2-3,6-9,15,18H,4-5,10-14,16H2,1H3,(H,25,26). The lowest BCUT2D eigenvalue weighted by atomic mass is 9.92.